The number of anilines is 1. The highest BCUT2D eigenvalue weighted by molar-refractivity contribution is 6.02. The van der Waals surface area contributed by atoms with Crippen LogP contribution in [0.1, 0.15) is 22.5 Å². The number of H-pyrrole nitrogens is 1. The van der Waals surface area contributed by atoms with Crippen molar-refractivity contribution in [2.24, 2.45) is 0 Å². The van der Waals surface area contributed by atoms with E-state index in [1.54, 1.807) is 0 Å². The van der Waals surface area contributed by atoms with Crippen molar-refractivity contribution >= 4 is 17.5 Å². The van der Waals surface area contributed by atoms with Crippen LogP contribution in [0, 0.1) is 0 Å². The standard InChI is InChI=1S/C14H16N4O2/c1-15-14(20)13-11(9-16-18-13)17-12(19)8-7-10-5-3-2-4-6-10/h2-6,9H,7-8H2,1H3,(H,15,20)(H,16,18)(H,17,19). The lowest BCUT2D eigenvalue weighted by Gasteiger charge is -2.05. The number of carbonyl (C=O) groups is 2. The molecule has 0 aliphatic carbocycles. The van der Waals surface area contributed by atoms with Gasteiger partial charge in [-0.05, 0) is 12.0 Å². The first kappa shape index (κ1) is 13.8. The van der Waals surface area contributed by atoms with Crippen LogP contribution in [-0.4, -0.2) is 29.1 Å². The number of rotatable bonds is 5. The second-order valence-electron chi connectivity index (χ2n) is 4.27. The van der Waals surface area contributed by atoms with Crippen LogP contribution in [0.15, 0.2) is 36.5 Å². The van der Waals surface area contributed by atoms with Gasteiger partial charge in [-0.1, -0.05) is 30.3 Å². The molecular formula is C14H16N4O2. The summed E-state index contributed by atoms with van der Waals surface area (Å²) in [6.45, 7) is 0. The lowest BCUT2D eigenvalue weighted by Crippen LogP contribution is -2.21. The Labute approximate surface area is 116 Å². The molecule has 0 fully saturated rings. The van der Waals surface area contributed by atoms with Gasteiger partial charge >= 0.3 is 0 Å². The van der Waals surface area contributed by atoms with Crippen molar-refractivity contribution in [3.63, 3.8) is 0 Å². The summed E-state index contributed by atoms with van der Waals surface area (Å²) in [7, 11) is 1.52. The van der Waals surface area contributed by atoms with Gasteiger partial charge in [0.25, 0.3) is 5.91 Å². The molecule has 2 amide bonds. The van der Waals surface area contributed by atoms with Gasteiger partial charge in [-0.2, -0.15) is 5.10 Å². The molecule has 0 unspecified atom stereocenters. The summed E-state index contributed by atoms with van der Waals surface area (Å²) in [6, 6.07) is 9.76. The third kappa shape index (κ3) is 3.44. The van der Waals surface area contributed by atoms with E-state index in [-0.39, 0.29) is 17.5 Å². The molecule has 0 bridgehead atoms. The molecule has 2 rings (SSSR count). The molecule has 2 aromatic rings. The molecular weight excluding hydrogens is 256 g/mol. The first-order valence-electron chi connectivity index (χ1n) is 6.30. The number of hydrogen-bond donors (Lipinski definition) is 3. The lowest BCUT2D eigenvalue weighted by molar-refractivity contribution is -0.116. The van der Waals surface area contributed by atoms with E-state index < -0.39 is 0 Å². The number of aromatic amines is 1. The number of nitrogens with one attached hydrogen (secondary N) is 3. The predicted molar refractivity (Wildman–Crippen MR) is 75.4 cm³/mol. The van der Waals surface area contributed by atoms with E-state index in [0.717, 1.165) is 5.56 Å². The Morgan fingerprint density at radius 1 is 1.25 bits per heavy atom. The number of aryl methyl sites for hydroxylation is 1. The summed E-state index contributed by atoms with van der Waals surface area (Å²) in [4.78, 5) is 23.4. The molecule has 0 aliphatic heterocycles. The van der Waals surface area contributed by atoms with E-state index >= 15 is 0 Å². The molecule has 6 nitrogen and oxygen atoms in total. The average molecular weight is 272 g/mol. The van der Waals surface area contributed by atoms with Gasteiger partial charge in [0.2, 0.25) is 5.91 Å². The van der Waals surface area contributed by atoms with Gasteiger partial charge in [0.1, 0.15) is 5.69 Å². The second kappa shape index (κ2) is 6.51. The maximum absolute atomic E-state index is 11.9. The Hall–Kier alpha value is -2.63. The van der Waals surface area contributed by atoms with Crippen molar-refractivity contribution in [2.75, 3.05) is 12.4 Å². The molecule has 0 radical (unpaired) electrons. The highest BCUT2D eigenvalue weighted by Gasteiger charge is 2.14. The van der Waals surface area contributed by atoms with Crippen molar-refractivity contribution in [2.45, 2.75) is 12.8 Å². The summed E-state index contributed by atoms with van der Waals surface area (Å²) in [5, 5.41) is 11.5. The fourth-order valence-corrected chi connectivity index (χ4v) is 1.79. The molecule has 1 heterocycles. The van der Waals surface area contributed by atoms with Crippen LogP contribution in [0.5, 0.6) is 0 Å². The molecule has 20 heavy (non-hydrogen) atoms. The molecule has 0 aliphatic rings. The monoisotopic (exact) mass is 272 g/mol. The zero-order valence-corrected chi connectivity index (χ0v) is 11.1. The summed E-state index contributed by atoms with van der Waals surface area (Å²) in [5.74, 6) is -0.471. The maximum Gasteiger partial charge on any atom is 0.271 e. The van der Waals surface area contributed by atoms with Gasteiger partial charge < -0.3 is 10.6 Å². The van der Waals surface area contributed by atoms with Crippen LogP contribution < -0.4 is 10.6 Å². The van der Waals surface area contributed by atoms with Gasteiger partial charge in [-0.15, -0.1) is 0 Å². The molecule has 1 aromatic carbocycles. The van der Waals surface area contributed by atoms with Crippen LogP contribution in [0.25, 0.3) is 0 Å². The van der Waals surface area contributed by atoms with E-state index in [0.29, 0.717) is 18.5 Å². The summed E-state index contributed by atoms with van der Waals surface area (Å²) >= 11 is 0. The van der Waals surface area contributed by atoms with Crippen LogP contribution in [0.2, 0.25) is 0 Å². The fourth-order valence-electron chi connectivity index (χ4n) is 1.79. The van der Waals surface area contributed by atoms with Gasteiger partial charge in [-0.3, -0.25) is 14.7 Å². The predicted octanol–water partition coefficient (Wildman–Crippen LogP) is 1.34. The molecule has 104 valence electrons. The Bertz CT molecular complexity index is 592. The highest BCUT2D eigenvalue weighted by Crippen LogP contribution is 2.12. The van der Waals surface area contributed by atoms with E-state index in [1.165, 1.54) is 13.2 Å². The fraction of sp³-hybridized carbons (Fsp3) is 0.214. The van der Waals surface area contributed by atoms with Gasteiger partial charge in [0.15, 0.2) is 0 Å². The van der Waals surface area contributed by atoms with E-state index in [4.69, 9.17) is 0 Å². The van der Waals surface area contributed by atoms with Crippen LogP contribution >= 0.6 is 0 Å². The Morgan fingerprint density at radius 3 is 2.70 bits per heavy atom. The molecule has 0 atom stereocenters. The SMILES string of the molecule is CNC(=O)c1[nH]ncc1NC(=O)CCc1ccccc1. The van der Waals surface area contributed by atoms with Crippen molar-refractivity contribution in [3.05, 3.63) is 47.8 Å². The third-order valence-corrected chi connectivity index (χ3v) is 2.85. The van der Waals surface area contributed by atoms with E-state index in [2.05, 4.69) is 20.8 Å². The van der Waals surface area contributed by atoms with Crippen molar-refractivity contribution in [1.82, 2.24) is 15.5 Å². The summed E-state index contributed by atoms with van der Waals surface area (Å²) in [5.41, 5.74) is 1.74. The summed E-state index contributed by atoms with van der Waals surface area (Å²) in [6.07, 6.45) is 2.42. The first-order chi connectivity index (χ1) is 9.70. The smallest absolute Gasteiger partial charge is 0.271 e. The van der Waals surface area contributed by atoms with Crippen LogP contribution in [0.4, 0.5) is 5.69 Å². The quantitative estimate of drug-likeness (QED) is 0.767. The molecule has 3 N–H and O–H groups in total. The number of amides is 2. The van der Waals surface area contributed by atoms with Crippen LogP contribution in [0.3, 0.4) is 0 Å². The molecule has 0 spiro atoms. The third-order valence-electron chi connectivity index (χ3n) is 2.85. The van der Waals surface area contributed by atoms with Gasteiger partial charge in [0.05, 0.1) is 11.9 Å². The minimum Gasteiger partial charge on any atom is -0.354 e. The summed E-state index contributed by atoms with van der Waals surface area (Å²) < 4.78 is 0. The minimum absolute atomic E-state index is 0.152. The van der Waals surface area contributed by atoms with Gasteiger partial charge in [0, 0.05) is 13.5 Å². The van der Waals surface area contributed by atoms with Crippen molar-refractivity contribution < 1.29 is 9.59 Å². The van der Waals surface area contributed by atoms with Crippen molar-refractivity contribution in [1.29, 1.82) is 0 Å². The molecule has 0 saturated heterocycles. The number of benzene rings is 1. The topological polar surface area (TPSA) is 86.9 Å². The highest BCUT2D eigenvalue weighted by atomic mass is 16.2. The zero-order valence-electron chi connectivity index (χ0n) is 11.1. The normalized spacial score (nSPS) is 10.1. The average Bonchev–Trinajstić information content (AvgIpc) is 2.93. The molecule has 6 heteroatoms. The minimum atomic E-state index is -0.319. The maximum atomic E-state index is 11.9. The first-order valence-corrected chi connectivity index (χ1v) is 6.30. The Balaban J connectivity index is 1.92. The Morgan fingerprint density at radius 2 is 2.00 bits per heavy atom. The number of carbonyl (C=O) groups excluding carboxylic acids is 2. The van der Waals surface area contributed by atoms with E-state index in [1.807, 2.05) is 30.3 Å². The lowest BCUT2D eigenvalue weighted by atomic mass is 10.1. The number of nitrogens with zero attached hydrogens (tertiary/aromatic N) is 1. The number of aromatic nitrogens is 2. The van der Waals surface area contributed by atoms with Crippen LogP contribution in [-0.2, 0) is 11.2 Å². The molecule has 1 aromatic heterocycles. The Kier molecular flexibility index (Phi) is 4.49. The second-order valence-corrected chi connectivity index (χ2v) is 4.27. The zero-order chi connectivity index (χ0) is 14.4. The van der Waals surface area contributed by atoms with Crippen molar-refractivity contribution in [3.8, 4) is 0 Å². The largest absolute Gasteiger partial charge is 0.354 e. The van der Waals surface area contributed by atoms with Gasteiger partial charge in [-0.25, -0.2) is 0 Å². The van der Waals surface area contributed by atoms with E-state index in [9.17, 15) is 9.59 Å². The molecule has 0 saturated carbocycles. The number of hydrogen-bond acceptors (Lipinski definition) is 3.